The van der Waals surface area contributed by atoms with E-state index in [9.17, 15) is 9.59 Å². The van der Waals surface area contributed by atoms with Gasteiger partial charge in [0.1, 0.15) is 5.75 Å². The zero-order chi connectivity index (χ0) is 12.0. The van der Waals surface area contributed by atoms with E-state index in [0.29, 0.717) is 16.9 Å². The van der Waals surface area contributed by atoms with Gasteiger partial charge in [-0.15, -0.1) is 0 Å². The largest absolute Gasteiger partial charge is 0.497 e. The topological polar surface area (TPSA) is 52.6 Å². The number of carbonyl (C=O) groups excluding carboxylic acids is 2. The lowest BCUT2D eigenvalue weighted by Crippen LogP contribution is -1.94. The van der Waals surface area contributed by atoms with E-state index in [0.717, 1.165) is 6.29 Å². The first kappa shape index (κ1) is 12.0. The first-order chi connectivity index (χ1) is 7.71. The minimum absolute atomic E-state index is 0.473. The van der Waals surface area contributed by atoms with Crippen LogP contribution in [0, 0.1) is 0 Å². The molecule has 4 heteroatoms. The fourth-order valence-electron chi connectivity index (χ4n) is 1.16. The molecule has 0 aliphatic rings. The Morgan fingerprint density at radius 1 is 1.25 bits per heavy atom. The molecule has 0 N–H and O–H groups in total. The van der Waals surface area contributed by atoms with Gasteiger partial charge in [-0.25, -0.2) is 4.79 Å². The Balaban J connectivity index is 3.04. The highest BCUT2D eigenvalue weighted by Crippen LogP contribution is 2.17. The van der Waals surface area contributed by atoms with Crippen LogP contribution < -0.4 is 4.74 Å². The van der Waals surface area contributed by atoms with Crippen molar-refractivity contribution in [2.24, 2.45) is 0 Å². The zero-order valence-electron chi connectivity index (χ0n) is 9.10. The fourth-order valence-corrected chi connectivity index (χ4v) is 1.16. The van der Waals surface area contributed by atoms with Crippen LogP contribution in [0.3, 0.4) is 0 Å². The van der Waals surface area contributed by atoms with Gasteiger partial charge in [0, 0.05) is 11.6 Å². The molecule has 0 amide bonds. The number of benzene rings is 1. The normalized spacial score (nSPS) is 10.1. The third-order valence-electron chi connectivity index (χ3n) is 2.02. The van der Waals surface area contributed by atoms with Crippen LogP contribution in [0.1, 0.15) is 15.9 Å². The van der Waals surface area contributed by atoms with Gasteiger partial charge in [0.2, 0.25) is 0 Å². The highest BCUT2D eigenvalue weighted by Gasteiger charge is 2.01. The molecule has 0 aliphatic heterocycles. The van der Waals surface area contributed by atoms with Crippen molar-refractivity contribution in [2.75, 3.05) is 14.2 Å². The van der Waals surface area contributed by atoms with Crippen LogP contribution in [0.2, 0.25) is 0 Å². The van der Waals surface area contributed by atoms with Crippen LogP contribution in [-0.4, -0.2) is 26.5 Å². The maximum Gasteiger partial charge on any atom is 0.330 e. The van der Waals surface area contributed by atoms with Gasteiger partial charge in [-0.1, -0.05) is 0 Å². The average molecular weight is 220 g/mol. The van der Waals surface area contributed by atoms with Crippen molar-refractivity contribution in [1.29, 1.82) is 0 Å². The molecule has 0 fully saturated rings. The van der Waals surface area contributed by atoms with Gasteiger partial charge in [0.15, 0.2) is 6.29 Å². The summed E-state index contributed by atoms with van der Waals surface area (Å²) in [7, 11) is 2.82. The van der Waals surface area contributed by atoms with Gasteiger partial charge in [-0.3, -0.25) is 4.79 Å². The van der Waals surface area contributed by atoms with Gasteiger partial charge < -0.3 is 9.47 Å². The number of rotatable bonds is 4. The van der Waals surface area contributed by atoms with Crippen LogP contribution in [0.15, 0.2) is 24.3 Å². The highest BCUT2D eigenvalue weighted by atomic mass is 16.5. The van der Waals surface area contributed by atoms with Crippen LogP contribution >= 0.6 is 0 Å². The smallest absolute Gasteiger partial charge is 0.330 e. The number of esters is 1. The van der Waals surface area contributed by atoms with Crippen molar-refractivity contribution < 1.29 is 19.1 Å². The van der Waals surface area contributed by atoms with E-state index in [1.54, 1.807) is 18.2 Å². The summed E-state index contributed by atoms with van der Waals surface area (Å²) >= 11 is 0. The second-order valence-corrected chi connectivity index (χ2v) is 2.97. The van der Waals surface area contributed by atoms with Gasteiger partial charge >= 0.3 is 5.97 Å². The summed E-state index contributed by atoms with van der Waals surface area (Å²) in [5, 5.41) is 0. The zero-order valence-corrected chi connectivity index (χ0v) is 9.10. The molecule has 0 bridgehead atoms. The Kier molecular flexibility index (Phi) is 4.27. The van der Waals surface area contributed by atoms with Crippen LogP contribution in [0.25, 0.3) is 6.08 Å². The number of methoxy groups -OCH3 is 2. The van der Waals surface area contributed by atoms with Gasteiger partial charge in [0.25, 0.3) is 0 Å². The van der Waals surface area contributed by atoms with Gasteiger partial charge in [-0.2, -0.15) is 0 Å². The van der Waals surface area contributed by atoms with Crippen molar-refractivity contribution in [3.05, 3.63) is 35.4 Å². The monoisotopic (exact) mass is 220 g/mol. The summed E-state index contributed by atoms with van der Waals surface area (Å²) < 4.78 is 9.48. The quantitative estimate of drug-likeness (QED) is 0.440. The SMILES string of the molecule is COC(=O)C=Cc1cc(OC)ccc1C=O. The van der Waals surface area contributed by atoms with Gasteiger partial charge in [-0.05, 0) is 29.8 Å². The van der Waals surface area contributed by atoms with E-state index in [4.69, 9.17) is 4.74 Å². The van der Waals surface area contributed by atoms with E-state index >= 15 is 0 Å². The molecule has 0 atom stereocenters. The molecule has 0 heterocycles. The summed E-state index contributed by atoms with van der Waals surface area (Å²) in [6.07, 6.45) is 3.48. The molecule has 0 saturated heterocycles. The molecule has 1 aromatic rings. The lowest BCUT2D eigenvalue weighted by Gasteiger charge is -2.03. The molecular weight excluding hydrogens is 208 g/mol. The Labute approximate surface area is 93.5 Å². The molecule has 0 aromatic heterocycles. The molecule has 4 nitrogen and oxygen atoms in total. The minimum atomic E-state index is -0.473. The van der Waals surface area contributed by atoms with E-state index in [1.165, 1.54) is 26.4 Å². The van der Waals surface area contributed by atoms with E-state index in [2.05, 4.69) is 4.74 Å². The summed E-state index contributed by atoms with van der Waals surface area (Å²) in [4.78, 5) is 21.7. The molecule has 1 aromatic carbocycles. The Bertz CT molecular complexity index is 421. The fraction of sp³-hybridized carbons (Fsp3) is 0.167. The number of carbonyl (C=O) groups is 2. The number of ether oxygens (including phenoxy) is 2. The predicted molar refractivity (Wildman–Crippen MR) is 59.4 cm³/mol. The average Bonchev–Trinajstić information content (AvgIpc) is 2.35. The third kappa shape index (κ3) is 2.95. The van der Waals surface area contributed by atoms with Crippen LogP contribution in [0.5, 0.6) is 5.75 Å². The Morgan fingerprint density at radius 3 is 2.56 bits per heavy atom. The highest BCUT2D eigenvalue weighted by molar-refractivity contribution is 5.90. The van der Waals surface area contributed by atoms with Crippen LogP contribution in [0.4, 0.5) is 0 Å². The number of aldehydes is 1. The second kappa shape index (κ2) is 5.70. The van der Waals surface area contributed by atoms with E-state index in [1.807, 2.05) is 0 Å². The standard InChI is InChI=1S/C12H12O4/c1-15-11-5-3-10(8-13)9(7-11)4-6-12(14)16-2/h3-8H,1-2H3. The molecule has 0 saturated carbocycles. The molecule has 0 aliphatic carbocycles. The molecular formula is C12H12O4. The summed E-state index contributed by atoms with van der Waals surface area (Å²) in [5.74, 6) is 0.148. The third-order valence-corrected chi connectivity index (χ3v) is 2.02. The Morgan fingerprint density at radius 2 is 2.00 bits per heavy atom. The second-order valence-electron chi connectivity index (χ2n) is 2.97. The first-order valence-electron chi connectivity index (χ1n) is 4.60. The van der Waals surface area contributed by atoms with Crippen molar-refractivity contribution in [3.8, 4) is 5.75 Å². The molecule has 1 rings (SSSR count). The van der Waals surface area contributed by atoms with Crippen molar-refractivity contribution >= 4 is 18.3 Å². The summed E-state index contributed by atoms with van der Waals surface area (Å²) in [6.45, 7) is 0. The van der Waals surface area contributed by atoms with E-state index in [-0.39, 0.29) is 0 Å². The molecule has 0 spiro atoms. The van der Waals surface area contributed by atoms with E-state index < -0.39 is 5.97 Å². The maximum absolute atomic E-state index is 10.9. The van der Waals surface area contributed by atoms with Crippen molar-refractivity contribution in [2.45, 2.75) is 0 Å². The van der Waals surface area contributed by atoms with Crippen LogP contribution in [-0.2, 0) is 9.53 Å². The first-order valence-corrected chi connectivity index (χ1v) is 4.60. The molecule has 16 heavy (non-hydrogen) atoms. The lowest BCUT2D eigenvalue weighted by molar-refractivity contribution is -0.134. The van der Waals surface area contributed by atoms with Crippen molar-refractivity contribution in [1.82, 2.24) is 0 Å². The Hall–Kier alpha value is -2.10. The predicted octanol–water partition coefficient (Wildman–Crippen LogP) is 1.69. The van der Waals surface area contributed by atoms with Crippen molar-refractivity contribution in [3.63, 3.8) is 0 Å². The summed E-state index contributed by atoms with van der Waals surface area (Å²) in [6, 6.07) is 4.98. The number of hydrogen-bond acceptors (Lipinski definition) is 4. The lowest BCUT2D eigenvalue weighted by atomic mass is 10.1. The molecule has 84 valence electrons. The summed E-state index contributed by atoms with van der Waals surface area (Å²) in [5.41, 5.74) is 1.10. The maximum atomic E-state index is 10.9. The molecule has 0 unspecified atom stereocenters. The molecule has 0 radical (unpaired) electrons. The minimum Gasteiger partial charge on any atom is -0.497 e. The van der Waals surface area contributed by atoms with Gasteiger partial charge in [0.05, 0.1) is 14.2 Å². The number of hydrogen-bond donors (Lipinski definition) is 0.